The molecule has 2 aliphatic rings. The smallest absolute Gasteiger partial charge is 0.0683 e. The van der Waals surface area contributed by atoms with Crippen LogP contribution in [-0.4, -0.2) is 10.7 Å². The summed E-state index contributed by atoms with van der Waals surface area (Å²) in [6, 6.07) is 0. The first-order valence-corrected chi connectivity index (χ1v) is 6.13. The van der Waals surface area contributed by atoms with Crippen molar-refractivity contribution in [3.63, 3.8) is 0 Å². The van der Waals surface area contributed by atoms with Gasteiger partial charge in [-0.2, -0.15) is 0 Å². The van der Waals surface area contributed by atoms with E-state index in [1.54, 1.807) is 0 Å². The Balaban J connectivity index is 2.08. The zero-order chi connectivity index (χ0) is 10.4. The second kappa shape index (κ2) is 3.23. The molecule has 2 rings (SSSR count). The maximum absolute atomic E-state index is 10.7. The minimum absolute atomic E-state index is 0.270. The van der Waals surface area contributed by atoms with Crippen LogP contribution in [0.2, 0.25) is 0 Å². The van der Waals surface area contributed by atoms with Gasteiger partial charge in [0.1, 0.15) is 0 Å². The topological polar surface area (TPSA) is 20.2 Å². The van der Waals surface area contributed by atoms with Crippen LogP contribution in [0.5, 0.6) is 0 Å². The Labute approximate surface area is 87.9 Å². The van der Waals surface area contributed by atoms with Gasteiger partial charge < -0.3 is 5.11 Å². The van der Waals surface area contributed by atoms with Crippen LogP contribution in [0.15, 0.2) is 0 Å². The van der Waals surface area contributed by atoms with Gasteiger partial charge in [-0.05, 0) is 42.9 Å². The standard InChI is InChI=1S/C13H24O/c1-12(2,3)9-13(14)8-7-10-5-4-6-11(10)13/h10-11,14H,4-9H2,1-3H3/t10-,11-,13-/m0/s1. The first kappa shape index (κ1) is 10.5. The van der Waals surface area contributed by atoms with Crippen LogP contribution in [0, 0.1) is 17.3 Å². The third kappa shape index (κ3) is 1.84. The molecule has 1 nitrogen and oxygen atoms in total. The highest BCUT2D eigenvalue weighted by atomic mass is 16.3. The summed E-state index contributed by atoms with van der Waals surface area (Å²) in [7, 11) is 0. The summed E-state index contributed by atoms with van der Waals surface area (Å²) >= 11 is 0. The number of fused-ring (bicyclic) bond motifs is 1. The van der Waals surface area contributed by atoms with Crippen molar-refractivity contribution in [3.05, 3.63) is 0 Å². The normalized spacial score (nSPS) is 42.9. The maximum atomic E-state index is 10.7. The average Bonchev–Trinajstić information content (AvgIpc) is 2.52. The lowest BCUT2D eigenvalue weighted by molar-refractivity contribution is -0.0350. The van der Waals surface area contributed by atoms with Gasteiger partial charge in [-0.3, -0.25) is 0 Å². The summed E-state index contributed by atoms with van der Waals surface area (Å²) in [5.41, 5.74) is -0.0500. The highest BCUT2D eigenvalue weighted by Gasteiger charge is 2.50. The zero-order valence-corrected chi connectivity index (χ0v) is 9.84. The average molecular weight is 196 g/mol. The summed E-state index contributed by atoms with van der Waals surface area (Å²) < 4.78 is 0. The minimum atomic E-state index is -0.320. The van der Waals surface area contributed by atoms with Crippen molar-refractivity contribution in [2.75, 3.05) is 0 Å². The van der Waals surface area contributed by atoms with Gasteiger partial charge in [-0.25, -0.2) is 0 Å². The van der Waals surface area contributed by atoms with Gasteiger partial charge >= 0.3 is 0 Å². The van der Waals surface area contributed by atoms with E-state index in [1.165, 1.54) is 25.7 Å². The fraction of sp³-hybridized carbons (Fsp3) is 1.00. The van der Waals surface area contributed by atoms with E-state index >= 15 is 0 Å². The fourth-order valence-electron chi connectivity index (χ4n) is 3.85. The van der Waals surface area contributed by atoms with Crippen molar-refractivity contribution in [1.29, 1.82) is 0 Å². The molecule has 0 saturated heterocycles. The lowest BCUT2D eigenvalue weighted by Crippen LogP contribution is -2.37. The molecular weight excluding hydrogens is 172 g/mol. The molecule has 3 atom stereocenters. The first-order chi connectivity index (χ1) is 6.41. The third-order valence-electron chi connectivity index (χ3n) is 4.13. The molecule has 0 aromatic rings. The predicted octanol–water partition coefficient (Wildman–Crippen LogP) is 3.36. The van der Waals surface area contributed by atoms with Gasteiger partial charge in [0.15, 0.2) is 0 Å². The molecule has 0 amide bonds. The number of hydrogen-bond donors (Lipinski definition) is 1. The number of aliphatic hydroxyl groups is 1. The first-order valence-electron chi connectivity index (χ1n) is 6.13. The molecule has 2 saturated carbocycles. The third-order valence-corrected chi connectivity index (χ3v) is 4.13. The maximum Gasteiger partial charge on any atom is 0.0683 e. The van der Waals surface area contributed by atoms with E-state index < -0.39 is 0 Å². The molecule has 1 heteroatoms. The highest BCUT2D eigenvalue weighted by Crippen LogP contribution is 2.53. The monoisotopic (exact) mass is 196 g/mol. The molecule has 0 aromatic heterocycles. The van der Waals surface area contributed by atoms with E-state index in [0.29, 0.717) is 5.92 Å². The van der Waals surface area contributed by atoms with E-state index in [0.717, 1.165) is 18.8 Å². The van der Waals surface area contributed by atoms with Gasteiger partial charge in [0, 0.05) is 0 Å². The SMILES string of the molecule is CC(C)(C)C[C@@]1(O)CC[C@@H]2CCC[C@@H]21. The molecule has 1 N–H and O–H groups in total. The van der Waals surface area contributed by atoms with Crippen LogP contribution in [0.1, 0.15) is 59.3 Å². The molecule has 0 unspecified atom stereocenters. The van der Waals surface area contributed by atoms with Crippen LogP contribution in [0.4, 0.5) is 0 Å². The van der Waals surface area contributed by atoms with Crippen molar-refractivity contribution >= 4 is 0 Å². The Bertz CT molecular complexity index is 216. The van der Waals surface area contributed by atoms with E-state index in [-0.39, 0.29) is 11.0 Å². The van der Waals surface area contributed by atoms with Gasteiger partial charge in [-0.15, -0.1) is 0 Å². The van der Waals surface area contributed by atoms with Crippen LogP contribution in [0.3, 0.4) is 0 Å². The fourth-order valence-corrected chi connectivity index (χ4v) is 3.85. The van der Waals surface area contributed by atoms with E-state index in [9.17, 15) is 5.11 Å². The van der Waals surface area contributed by atoms with Crippen molar-refractivity contribution in [1.82, 2.24) is 0 Å². The zero-order valence-electron chi connectivity index (χ0n) is 9.84. The van der Waals surface area contributed by atoms with E-state index in [1.807, 2.05) is 0 Å². The molecule has 0 aromatic carbocycles. The molecule has 0 spiro atoms. The molecular formula is C13H24O. The molecule has 2 fully saturated rings. The number of rotatable bonds is 1. The summed E-state index contributed by atoms with van der Waals surface area (Å²) in [4.78, 5) is 0. The Hall–Kier alpha value is -0.0400. The van der Waals surface area contributed by atoms with Crippen molar-refractivity contribution < 1.29 is 5.11 Å². The highest BCUT2D eigenvalue weighted by molar-refractivity contribution is 5.01. The second-order valence-corrected chi connectivity index (χ2v) is 6.68. The minimum Gasteiger partial charge on any atom is -0.390 e. The molecule has 2 aliphatic carbocycles. The molecule has 82 valence electrons. The molecule has 0 radical (unpaired) electrons. The Morgan fingerprint density at radius 1 is 1.21 bits per heavy atom. The lowest BCUT2D eigenvalue weighted by atomic mass is 9.75. The van der Waals surface area contributed by atoms with Crippen LogP contribution < -0.4 is 0 Å². The Morgan fingerprint density at radius 2 is 1.93 bits per heavy atom. The molecule has 14 heavy (non-hydrogen) atoms. The second-order valence-electron chi connectivity index (χ2n) is 6.68. The molecule has 0 aliphatic heterocycles. The summed E-state index contributed by atoms with van der Waals surface area (Å²) in [6.45, 7) is 6.73. The van der Waals surface area contributed by atoms with E-state index in [2.05, 4.69) is 20.8 Å². The van der Waals surface area contributed by atoms with Gasteiger partial charge in [-0.1, -0.05) is 33.6 Å². The largest absolute Gasteiger partial charge is 0.390 e. The van der Waals surface area contributed by atoms with Crippen LogP contribution in [-0.2, 0) is 0 Å². The van der Waals surface area contributed by atoms with Gasteiger partial charge in [0.2, 0.25) is 0 Å². The quantitative estimate of drug-likeness (QED) is 0.682. The molecule has 0 bridgehead atoms. The molecule has 0 heterocycles. The van der Waals surface area contributed by atoms with Gasteiger partial charge in [0.25, 0.3) is 0 Å². The van der Waals surface area contributed by atoms with Crippen LogP contribution in [0.25, 0.3) is 0 Å². The van der Waals surface area contributed by atoms with Crippen LogP contribution >= 0.6 is 0 Å². The Morgan fingerprint density at radius 3 is 2.57 bits per heavy atom. The van der Waals surface area contributed by atoms with Gasteiger partial charge in [0.05, 0.1) is 5.60 Å². The van der Waals surface area contributed by atoms with E-state index in [4.69, 9.17) is 0 Å². The summed E-state index contributed by atoms with van der Waals surface area (Å²) in [5.74, 6) is 1.48. The lowest BCUT2D eigenvalue weighted by Gasteiger charge is -2.35. The van der Waals surface area contributed by atoms with Crippen molar-refractivity contribution in [2.24, 2.45) is 17.3 Å². The van der Waals surface area contributed by atoms with Crippen molar-refractivity contribution in [2.45, 2.75) is 64.9 Å². The predicted molar refractivity (Wildman–Crippen MR) is 59.1 cm³/mol. The summed E-state index contributed by atoms with van der Waals surface area (Å²) in [5, 5.41) is 10.7. The number of hydrogen-bond acceptors (Lipinski definition) is 1. The van der Waals surface area contributed by atoms with Crippen molar-refractivity contribution in [3.8, 4) is 0 Å². The summed E-state index contributed by atoms with van der Waals surface area (Å²) in [6.07, 6.45) is 7.31. The Kier molecular flexibility index (Phi) is 2.42.